The number of allylic oxidation sites excluding steroid dienone is 1. The second kappa shape index (κ2) is 9.16. The summed E-state index contributed by atoms with van der Waals surface area (Å²) in [6, 6.07) is 8.60. The molecule has 0 amide bonds. The van der Waals surface area contributed by atoms with Crippen LogP contribution in [0.25, 0.3) is 5.57 Å². The molecule has 1 aromatic heterocycles. The molecule has 0 bridgehead atoms. The van der Waals surface area contributed by atoms with E-state index in [-0.39, 0.29) is 11.7 Å². The van der Waals surface area contributed by atoms with Gasteiger partial charge in [0, 0.05) is 31.1 Å². The van der Waals surface area contributed by atoms with E-state index in [0.29, 0.717) is 37.8 Å². The highest BCUT2D eigenvalue weighted by atomic mass is 16.5. The molecule has 0 saturated carbocycles. The number of hydrogen-bond donors (Lipinski definition) is 3. The Morgan fingerprint density at radius 1 is 1.31 bits per heavy atom. The van der Waals surface area contributed by atoms with Gasteiger partial charge in [-0.1, -0.05) is 49.8 Å². The summed E-state index contributed by atoms with van der Waals surface area (Å²) in [5.41, 5.74) is 12.9. The van der Waals surface area contributed by atoms with Crippen LogP contribution in [-0.2, 0) is 5.41 Å². The van der Waals surface area contributed by atoms with E-state index in [2.05, 4.69) is 49.6 Å². The molecule has 0 radical (unpaired) electrons. The number of aliphatic hydroxyl groups is 1. The zero-order valence-electron chi connectivity index (χ0n) is 19.4. The van der Waals surface area contributed by atoms with Gasteiger partial charge in [-0.25, -0.2) is 4.99 Å². The number of rotatable bonds is 7. The average Bonchev–Trinajstić information content (AvgIpc) is 3.24. The minimum atomic E-state index is -0.632. The summed E-state index contributed by atoms with van der Waals surface area (Å²) >= 11 is 0. The normalized spacial score (nSPS) is 18.8. The van der Waals surface area contributed by atoms with Crippen LogP contribution >= 0.6 is 0 Å². The first-order chi connectivity index (χ1) is 15.1. The lowest BCUT2D eigenvalue weighted by Crippen LogP contribution is -2.42. The number of anilines is 1. The van der Waals surface area contributed by atoms with Gasteiger partial charge in [-0.2, -0.15) is 4.98 Å². The lowest BCUT2D eigenvalue weighted by Gasteiger charge is -2.34. The van der Waals surface area contributed by atoms with Crippen LogP contribution in [0.4, 0.5) is 6.01 Å². The monoisotopic (exact) mass is 438 g/mol. The van der Waals surface area contributed by atoms with Crippen LogP contribution in [0.1, 0.15) is 57.5 Å². The van der Waals surface area contributed by atoms with E-state index in [9.17, 15) is 5.11 Å². The van der Waals surface area contributed by atoms with E-state index >= 15 is 0 Å². The van der Waals surface area contributed by atoms with Gasteiger partial charge in [0.15, 0.2) is 5.82 Å². The third-order valence-electron chi connectivity index (χ3n) is 6.51. The van der Waals surface area contributed by atoms with Gasteiger partial charge in [-0.05, 0) is 43.7 Å². The Kier molecular flexibility index (Phi) is 6.74. The molecular weight excluding hydrogens is 404 g/mol. The van der Waals surface area contributed by atoms with E-state index in [1.54, 1.807) is 6.21 Å². The van der Waals surface area contributed by atoms with Crippen molar-refractivity contribution in [3.8, 4) is 0 Å². The number of nitrogens with two attached hydrogens (primary N) is 2. The second-order valence-corrected chi connectivity index (χ2v) is 9.19. The van der Waals surface area contributed by atoms with E-state index in [4.69, 9.17) is 21.0 Å². The highest BCUT2D eigenvalue weighted by Crippen LogP contribution is 2.38. The number of aliphatic imine (C=N–C) groups is 1. The third kappa shape index (κ3) is 4.85. The fourth-order valence-electron chi connectivity index (χ4n) is 3.83. The predicted molar refractivity (Wildman–Crippen MR) is 128 cm³/mol. The second-order valence-electron chi connectivity index (χ2n) is 9.19. The zero-order valence-corrected chi connectivity index (χ0v) is 19.4. The maximum absolute atomic E-state index is 10.2. The van der Waals surface area contributed by atoms with Gasteiger partial charge in [-0.15, -0.1) is 0 Å². The Labute approximate surface area is 189 Å². The molecule has 0 spiro atoms. The molecule has 1 aliphatic heterocycles. The summed E-state index contributed by atoms with van der Waals surface area (Å²) in [6.45, 7) is 13.2. The van der Waals surface area contributed by atoms with E-state index in [1.165, 1.54) is 6.20 Å². The Balaban J connectivity index is 1.87. The van der Waals surface area contributed by atoms with Gasteiger partial charge in [0.05, 0.1) is 11.0 Å². The first-order valence-electron chi connectivity index (χ1n) is 10.9. The molecule has 3 rings (SSSR count). The molecular formula is C24H34N6O2. The van der Waals surface area contributed by atoms with Crippen molar-refractivity contribution in [1.29, 1.82) is 0 Å². The van der Waals surface area contributed by atoms with Gasteiger partial charge in [0.2, 0.25) is 0 Å². The summed E-state index contributed by atoms with van der Waals surface area (Å²) in [5.74, 6) is 1.08. The predicted octanol–water partition coefficient (Wildman–Crippen LogP) is 3.18. The van der Waals surface area contributed by atoms with Crippen LogP contribution in [0.5, 0.6) is 0 Å². The lowest BCUT2D eigenvalue weighted by molar-refractivity contribution is 0.0341. The van der Waals surface area contributed by atoms with Crippen LogP contribution in [0.2, 0.25) is 0 Å². The van der Waals surface area contributed by atoms with Gasteiger partial charge in [0.1, 0.15) is 5.82 Å². The Hall–Kier alpha value is -3.13. The molecule has 172 valence electrons. The summed E-state index contributed by atoms with van der Waals surface area (Å²) in [7, 11) is 0. The fourth-order valence-corrected chi connectivity index (χ4v) is 3.83. The van der Waals surface area contributed by atoms with Crippen molar-refractivity contribution < 1.29 is 9.63 Å². The summed E-state index contributed by atoms with van der Waals surface area (Å²) in [6.07, 6.45) is 4.43. The maximum Gasteiger partial charge on any atom is 0.324 e. The Morgan fingerprint density at radius 2 is 1.94 bits per heavy atom. The maximum atomic E-state index is 10.2. The van der Waals surface area contributed by atoms with Crippen molar-refractivity contribution in [2.75, 3.05) is 18.0 Å². The van der Waals surface area contributed by atoms with Crippen molar-refractivity contribution in [3.05, 3.63) is 59.8 Å². The van der Waals surface area contributed by atoms with Crippen LogP contribution < -0.4 is 16.4 Å². The molecule has 2 aromatic rings. The number of nitrogens with zero attached hydrogens (tertiary/aromatic N) is 4. The molecule has 5 N–H and O–H groups in total. The molecule has 1 saturated heterocycles. The summed E-state index contributed by atoms with van der Waals surface area (Å²) < 4.78 is 5.64. The smallest absolute Gasteiger partial charge is 0.324 e. The van der Waals surface area contributed by atoms with Crippen molar-refractivity contribution in [3.63, 3.8) is 0 Å². The number of hydrogen-bond acceptors (Lipinski definition) is 8. The molecule has 1 atom stereocenters. The van der Waals surface area contributed by atoms with Crippen LogP contribution in [0, 0.1) is 5.92 Å². The average molecular weight is 439 g/mol. The minimum absolute atomic E-state index is 0.215. The number of aromatic nitrogens is 2. The van der Waals surface area contributed by atoms with Crippen LogP contribution in [0.3, 0.4) is 0 Å². The minimum Gasteiger partial charge on any atom is -0.404 e. The summed E-state index contributed by atoms with van der Waals surface area (Å²) in [5, 5.41) is 14.6. The van der Waals surface area contributed by atoms with Gasteiger partial charge in [-0.3, -0.25) is 0 Å². The van der Waals surface area contributed by atoms with Crippen molar-refractivity contribution >= 4 is 17.8 Å². The van der Waals surface area contributed by atoms with E-state index < -0.39 is 11.0 Å². The highest BCUT2D eigenvalue weighted by Gasteiger charge is 2.38. The molecule has 0 aliphatic carbocycles. The van der Waals surface area contributed by atoms with Crippen molar-refractivity contribution in [1.82, 2.24) is 10.1 Å². The third-order valence-corrected chi connectivity index (χ3v) is 6.51. The quantitative estimate of drug-likeness (QED) is 0.567. The standard InChI is InChI=1S/C24H34N6O2/c1-16(2)24(5,20-8-6-18(7-9-20)19(14-25)15-27-17(3)26)21-28-22(32-29-21)30-12-10-23(4,31)11-13-30/h6-9,14-16,31H,3,10-13,25-26H2,1-2,4-5H3/b19-14+,27-15?. The van der Waals surface area contributed by atoms with Gasteiger partial charge in [0.25, 0.3) is 0 Å². The molecule has 1 unspecified atom stereocenters. The Bertz CT molecular complexity index is 996. The molecule has 32 heavy (non-hydrogen) atoms. The highest BCUT2D eigenvalue weighted by molar-refractivity contribution is 6.09. The molecule has 2 heterocycles. The topological polar surface area (TPSA) is 127 Å². The van der Waals surface area contributed by atoms with Crippen molar-refractivity contribution in [2.45, 2.75) is 51.6 Å². The molecule has 1 fully saturated rings. The number of benzene rings is 1. The van der Waals surface area contributed by atoms with Crippen molar-refractivity contribution in [2.24, 2.45) is 22.4 Å². The van der Waals surface area contributed by atoms with Crippen LogP contribution in [0.15, 0.2) is 52.4 Å². The van der Waals surface area contributed by atoms with E-state index in [1.807, 2.05) is 24.0 Å². The zero-order chi connectivity index (χ0) is 23.5. The SMILES string of the molecule is C=C(N)N=C/C(=C\N)c1ccc(C(C)(c2noc(N3CCC(C)(O)CC3)n2)C(C)C)cc1. The molecule has 1 aromatic carbocycles. The number of piperidine rings is 1. The van der Waals surface area contributed by atoms with Crippen LogP contribution in [-0.4, -0.2) is 40.2 Å². The largest absolute Gasteiger partial charge is 0.404 e. The first kappa shape index (κ1) is 23.5. The lowest BCUT2D eigenvalue weighted by atomic mass is 9.72. The van der Waals surface area contributed by atoms with Gasteiger partial charge >= 0.3 is 6.01 Å². The molecule has 8 nitrogen and oxygen atoms in total. The molecule has 8 heteroatoms. The van der Waals surface area contributed by atoms with Gasteiger partial charge < -0.3 is 26.0 Å². The Morgan fingerprint density at radius 3 is 2.47 bits per heavy atom. The fraction of sp³-hybridized carbons (Fsp3) is 0.458. The summed E-state index contributed by atoms with van der Waals surface area (Å²) in [4.78, 5) is 10.8. The first-order valence-corrected chi connectivity index (χ1v) is 10.9. The van der Waals surface area contributed by atoms with E-state index in [0.717, 1.165) is 16.7 Å². The molecule has 1 aliphatic rings.